The lowest BCUT2D eigenvalue weighted by molar-refractivity contribution is -0.139. The van der Waals surface area contributed by atoms with Crippen LogP contribution in [0.4, 0.5) is 5.69 Å². The van der Waals surface area contributed by atoms with Gasteiger partial charge in [-0.05, 0) is 43.0 Å². The Labute approximate surface area is 154 Å². The van der Waals surface area contributed by atoms with Crippen molar-refractivity contribution >= 4 is 17.6 Å². The standard InChI is InChI=1S/C21H25NO4/c1-6-15-12-14(3)13-16(7-2)18(15)22-11-9-8-10-17(20(23)25-4)19(22)21(24)26-5/h8-13H,6-7H2,1-5H3. The van der Waals surface area contributed by atoms with Crippen LogP contribution in [0, 0.1) is 6.92 Å². The summed E-state index contributed by atoms with van der Waals surface area (Å²) in [5.74, 6) is -1.18. The van der Waals surface area contributed by atoms with Crippen molar-refractivity contribution in [3.05, 3.63) is 64.5 Å². The van der Waals surface area contributed by atoms with Gasteiger partial charge in [0.15, 0.2) is 0 Å². The van der Waals surface area contributed by atoms with Crippen molar-refractivity contribution in [2.45, 2.75) is 33.6 Å². The topological polar surface area (TPSA) is 55.8 Å². The largest absolute Gasteiger partial charge is 0.465 e. The molecule has 0 atom stereocenters. The molecule has 0 amide bonds. The molecule has 0 bridgehead atoms. The second kappa shape index (κ2) is 8.52. The van der Waals surface area contributed by atoms with Gasteiger partial charge in [0.2, 0.25) is 0 Å². The zero-order chi connectivity index (χ0) is 19.3. The van der Waals surface area contributed by atoms with Crippen LogP contribution in [0.1, 0.15) is 30.5 Å². The maximum atomic E-state index is 12.6. The molecule has 2 rings (SSSR count). The minimum Gasteiger partial charge on any atom is -0.465 e. The van der Waals surface area contributed by atoms with E-state index in [4.69, 9.17) is 9.47 Å². The number of methoxy groups -OCH3 is 2. The second-order valence-electron chi connectivity index (χ2n) is 5.95. The zero-order valence-corrected chi connectivity index (χ0v) is 16.0. The Hall–Kier alpha value is -2.82. The Kier molecular flexibility index (Phi) is 6.39. The number of hydrogen-bond acceptors (Lipinski definition) is 5. The first-order chi connectivity index (χ1) is 12.5. The van der Waals surface area contributed by atoms with Crippen LogP contribution in [0.5, 0.6) is 0 Å². The van der Waals surface area contributed by atoms with Gasteiger partial charge < -0.3 is 14.4 Å². The Morgan fingerprint density at radius 1 is 0.962 bits per heavy atom. The molecule has 0 radical (unpaired) electrons. The van der Waals surface area contributed by atoms with Gasteiger partial charge in [-0.3, -0.25) is 0 Å². The first-order valence-electron chi connectivity index (χ1n) is 8.65. The van der Waals surface area contributed by atoms with E-state index >= 15 is 0 Å². The van der Waals surface area contributed by atoms with E-state index in [0.29, 0.717) is 0 Å². The summed E-state index contributed by atoms with van der Waals surface area (Å²) in [7, 11) is 2.60. The van der Waals surface area contributed by atoms with Gasteiger partial charge in [-0.2, -0.15) is 0 Å². The normalized spacial score (nSPS) is 13.7. The molecule has 0 spiro atoms. The number of aryl methyl sites for hydroxylation is 3. The lowest BCUT2D eigenvalue weighted by Gasteiger charge is -2.28. The van der Waals surface area contributed by atoms with Crippen LogP contribution in [0.15, 0.2) is 47.8 Å². The van der Waals surface area contributed by atoms with Gasteiger partial charge in [-0.1, -0.05) is 37.6 Å². The fraction of sp³-hybridized carbons (Fsp3) is 0.333. The molecule has 138 valence electrons. The van der Waals surface area contributed by atoms with Crippen LogP contribution < -0.4 is 4.90 Å². The summed E-state index contributed by atoms with van der Waals surface area (Å²) in [6.45, 7) is 6.19. The van der Waals surface area contributed by atoms with Crippen LogP contribution in [0.25, 0.3) is 0 Å². The van der Waals surface area contributed by atoms with E-state index < -0.39 is 11.9 Å². The zero-order valence-electron chi connectivity index (χ0n) is 16.0. The van der Waals surface area contributed by atoms with Crippen molar-refractivity contribution in [3.63, 3.8) is 0 Å². The minimum absolute atomic E-state index is 0.151. The molecular formula is C21H25NO4. The maximum absolute atomic E-state index is 12.6. The van der Waals surface area contributed by atoms with Gasteiger partial charge >= 0.3 is 11.9 Å². The van der Waals surface area contributed by atoms with Gasteiger partial charge in [0.25, 0.3) is 0 Å². The van der Waals surface area contributed by atoms with Gasteiger partial charge in [-0.15, -0.1) is 0 Å². The fourth-order valence-corrected chi connectivity index (χ4v) is 3.12. The molecule has 1 aromatic carbocycles. The highest BCUT2D eigenvalue weighted by molar-refractivity contribution is 6.05. The van der Waals surface area contributed by atoms with Crippen molar-refractivity contribution < 1.29 is 19.1 Å². The number of esters is 2. The summed E-state index contributed by atoms with van der Waals surface area (Å²) in [6, 6.07) is 4.21. The van der Waals surface area contributed by atoms with Gasteiger partial charge in [0, 0.05) is 6.20 Å². The van der Waals surface area contributed by atoms with Crippen molar-refractivity contribution in [2.24, 2.45) is 0 Å². The number of carbonyl (C=O) groups is 2. The lowest BCUT2D eigenvalue weighted by atomic mass is 9.98. The van der Waals surface area contributed by atoms with Crippen LogP contribution in [0.3, 0.4) is 0 Å². The third-order valence-electron chi connectivity index (χ3n) is 4.30. The maximum Gasteiger partial charge on any atom is 0.355 e. The van der Waals surface area contributed by atoms with Crippen LogP contribution >= 0.6 is 0 Å². The SMILES string of the molecule is CCc1cc(C)cc(CC)c1N1C=CC=CC(C(=O)OC)=C1C(=O)OC. The van der Waals surface area contributed by atoms with E-state index in [1.165, 1.54) is 14.2 Å². The van der Waals surface area contributed by atoms with Crippen LogP contribution in [-0.2, 0) is 31.9 Å². The quantitative estimate of drug-likeness (QED) is 0.755. The van der Waals surface area contributed by atoms with E-state index in [1.54, 1.807) is 29.3 Å². The third-order valence-corrected chi connectivity index (χ3v) is 4.30. The molecule has 1 aliphatic rings. The molecule has 0 aliphatic carbocycles. The van der Waals surface area contributed by atoms with E-state index in [-0.39, 0.29) is 11.3 Å². The molecule has 0 saturated carbocycles. The number of nitrogens with zero attached hydrogens (tertiary/aromatic N) is 1. The van der Waals surface area contributed by atoms with E-state index in [2.05, 4.69) is 32.9 Å². The van der Waals surface area contributed by atoms with Crippen molar-refractivity contribution in [1.29, 1.82) is 0 Å². The van der Waals surface area contributed by atoms with Crippen molar-refractivity contribution in [3.8, 4) is 0 Å². The molecule has 0 saturated heterocycles. The summed E-state index contributed by atoms with van der Waals surface area (Å²) in [6.07, 6.45) is 8.44. The average Bonchev–Trinajstić information content (AvgIpc) is 2.88. The minimum atomic E-state index is -0.591. The number of rotatable bonds is 5. The van der Waals surface area contributed by atoms with E-state index in [1.807, 2.05) is 0 Å². The second-order valence-corrected chi connectivity index (χ2v) is 5.95. The highest BCUT2D eigenvalue weighted by atomic mass is 16.5. The van der Waals surface area contributed by atoms with Gasteiger partial charge in [0.1, 0.15) is 5.70 Å². The smallest absolute Gasteiger partial charge is 0.355 e. The first kappa shape index (κ1) is 19.5. The number of anilines is 1. The first-order valence-corrected chi connectivity index (χ1v) is 8.65. The predicted octanol–water partition coefficient (Wildman–Crippen LogP) is 3.61. The number of benzene rings is 1. The monoisotopic (exact) mass is 355 g/mol. The highest BCUT2D eigenvalue weighted by Gasteiger charge is 2.29. The molecule has 5 nitrogen and oxygen atoms in total. The van der Waals surface area contributed by atoms with Crippen LogP contribution in [-0.4, -0.2) is 26.2 Å². The predicted molar refractivity (Wildman–Crippen MR) is 102 cm³/mol. The number of allylic oxidation sites excluding steroid dienone is 2. The number of carbonyl (C=O) groups excluding carboxylic acids is 2. The molecule has 0 unspecified atom stereocenters. The van der Waals surface area contributed by atoms with Gasteiger partial charge in [0.05, 0.1) is 25.5 Å². The molecule has 1 heterocycles. The molecule has 1 aromatic rings. The Bertz CT molecular complexity index is 777. The van der Waals surface area contributed by atoms with Crippen molar-refractivity contribution in [1.82, 2.24) is 0 Å². The molecule has 26 heavy (non-hydrogen) atoms. The van der Waals surface area contributed by atoms with Gasteiger partial charge in [-0.25, -0.2) is 9.59 Å². The Morgan fingerprint density at radius 3 is 2.04 bits per heavy atom. The lowest BCUT2D eigenvalue weighted by Crippen LogP contribution is -2.28. The molecule has 5 heteroatoms. The fourth-order valence-electron chi connectivity index (χ4n) is 3.12. The van der Waals surface area contributed by atoms with Crippen LogP contribution in [0.2, 0.25) is 0 Å². The van der Waals surface area contributed by atoms with E-state index in [9.17, 15) is 9.59 Å². The van der Waals surface area contributed by atoms with E-state index in [0.717, 1.165) is 35.2 Å². The molecule has 1 aliphatic heterocycles. The summed E-state index contributed by atoms with van der Waals surface area (Å²) < 4.78 is 9.85. The summed E-state index contributed by atoms with van der Waals surface area (Å²) in [5, 5.41) is 0. The Balaban J connectivity index is 2.82. The highest BCUT2D eigenvalue weighted by Crippen LogP contribution is 2.34. The summed E-state index contributed by atoms with van der Waals surface area (Å²) >= 11 is 0. The molecule has 0 aromatic heterocycles. The average molecular weight is 355 g/mol. The summed E-state index contributed by atoms with van der Waals surface area (Å²) in [5.41, 5.74) is 4.57. The third kappa shape index (κ3) is 3.72. The van der Waals surface area contributed by atoms with Crippen molar-refractivity contribution in [2.75, 3.05) is 19.1 Å². The Morgan fingerprint density at radius 2 is 1.54 bits per heavy atom. The summed E-state index contributed by atoms with van der Waals surface area (Å²) in [4.78, 5) is 26.6. The number of hydrogen-bond donors (Lipinski definition) is 0. The number of ether oxygens (including phenoxy) is 2. The molecule has 0 N–H and O–H groups in total. The molecule has 0 fully saturated rings. The molecular weight excluding hydrogens is 330 g/mol.